The number of hydrogen-bond acceptors (Lipinski definition) is 7. The number of rotatable bonds is 4. The molecular formula is C14H19NO7. The number of carbonyl (C=O) groups is 4. The minimum absolute atomic E-state index is 0.280. The third-order valence-corrected chi connectivity index (χ3v) is 2.97. The van der Waals surface area contributed by atoms with Crippen LogP contribution in [0.5, 0.6) is 0 Å². The lowest BCUT2D eigenvalue weighted by molar-refractivity contribution is -0.174. The van der Waals surface area contributed by atoms with Crippen LogP contribution in [0.4, 0.5) is 0 Å². The Morgan fingerprint density at radius 2 is 1.32 bits per heavy atom. The summed E-state index contributed by atoms with van der Waals surface area (Å²) in [6, 6.07) is -0.824. The fraction of sp³-hybridized carbons (Fsp3) is 0.571. The summed E-state index contributed by atoms with van der Waals surface area (Å²) in [5, 5.41) is 2.56. The molecule has 1 amide bonds. The fourth-order valence-corrected chi connectivity index (χ4v) is 2.32. The Labute approximate surface area is 127 Å². The van der Waals surface area contributed by atoms with E-state index in [2.05, 4.69) is 11.9 Å². The standard InChI is InChI=1S/C14H19NO7/c1-6-11(15-7(2)16)13(21-9(4)18)14(22-10(5)19)12(6)20-8(3)17/h11-14H,1H2,2-5H3,(H,15,16)/t11-,12-,13+,14-/m0/s1. The molecule has 0 aromatic heterocycles. The summed E-state index contributed by atoms with van der Waals surface area (Å²) < 4.78 is 15.4. The van der Waals surface area contributed by atoms with E-state index in [0.29, 0.717) is 0 Å². The van der Waals surface area contributed by atoms with Gasteiger partial charge in [0.2, 0.25) is 5.91 Å². The van der Waals surface area contributed by atoms with Crippen LogP contribution >= 0.6 is 0 Å². The Bertz CT molecular complexity index is 469. The van der Waals surface area contributed by atoms with E-state index in [1.807, 2.05) is 0 Å². The molecular weight excluding hydrogens is 294 g/mol. The maximum absolute atomic E-state index is 11.3. The topological polar surface area (TPSA) is 108 Å². The lowest BCUT2D eigenvalue weighted by Crippen LogP contribution is -2.46. The van der Waals surface area contributed by atoms with Crippen molar-refractivity contribution < 1.29 is 33.4 Å². The van der Waals surface area contributed by atoms with Gasteiger partial charge in [-0.15, -0.1) is 0 Å². The molecule has 8 nitrogen and oxygen atoms in total. The molecule has 0 bridgehead atoms. The highest BCUT2D eigenvalue weighted by atomic mass is 16.6. The molecule has 122 valence electrons. The first-order valence-electron chi connectivity index (χ1n) is 6.61. The molecule has 0 heterocycles. The first kappa shape index (κ1) is 17.7. The van der Waals surface area contributed by atoms with Gasteiger partial charge in [-0.3, -0.25) is 19.2 Å². The molecule has 1 aliphatic rings. The second kappa shape index (κ2) is 7.06. The van der Waals surface area contributed by atoms with Crippen molar-refractivity contribution in [2.24, 2.45) is 0 Å². The summed E-state index contributed by atoms with van der Waals surface area (Å²) in [5.74, 6) is -2.29. The van der Waals surface area contributed by atoms with Crippen molar-refractivity contribution in [2.45, 2.75) is 52.0 Å². The van der Waals surface area contributed by atoms with Crippen LogP contribution in [0.3, 0.4) is 0 Å². The van der Waals surface area contributed by atoms with Gasteiger partial charge in [-0.2, -0.15) is 0 Å². The van der Waals surface area contributed by atoms with E-state index in [0.717, 1.165) is 0 Å². The van der Waals surface area contributed by atoms with Crippen molar-refractivity contribution in [3.8, 4) is 0 Å². The molecule has 0 aliphatic heterocycles. The van der Waals surface area contributed by atoms with Gasteiger partial charge in [0.1, 0.15) is 0 Å². The quantitative estimate of drug-likeness (QED) is 0.437. The highest BCUT2D eigenvalue weighted by molar-refractivity contribution is 5.75. The number of carbonyl (C=O) groups excluding carboxylic acids is 4. The van der Waals surface area contributed by atoms with Crippen molar-refractivity contribution in [1.29, 1.82) is 0 Å². The molecule has 1 rings (SSSR count). The van der Waals surface area contributed by atoms with Gasteiger partial charge in [0.25, 0.3) is 0 Å². The smallest absolute Gasteiger partial charge is 0.303 e. The van der Waals surface area contributed by atoms with Gasteiger partial charge in [0.15, 0.2) is 18.3 Å². The molecule has 22 heavy (non-hydrogen) atoms. The molecule has 1 saturated carbocycles. The molecule has 4 atom stereocenters. The van der Waals surface area contributed by atoms with Gasteiger partial charge in [0, 0.05) is 27.7 Å². The molecule has 1 N–H and O–H groups in total. The first-order chi connectivity index (χ1) is 10.1. The Morgan fingerprint density at radius 1 is 0.864 bits per heavy atom. The lowest BCUT2D eigenvalue weighted by Gasteiger charge is -2.25. The van der Waals surface area contributed by atoms with E-state index in [-0.39, 0.29) is 5.57 Å². The molecule has 0 aromatic carbocycles. The number of ether oxygens (including phenoxy) is 3. The zero-order valence-electron chi connectivity index (χ0n) is 12.9. The van der Waals surface area contributed by atoms with Crippen molar-refractivity contribution in [2.75, 3.05) is 0 Å². The SMILES string of the molecule is C=C1[C@H](NC(C)=O)[C@@H](OC(C)=O)[C@@H](OC(C)=O)[C@H]1OC(C)=O. The number of nitrogens with one attached hydrogen (secondary N) is 1. The normalized spacial score (nSPS) is 27.0. The van der Waals surface area contributed by atoms with E-state index >= 15 is 0 Å². The van der Waals surface area contributed by atoms with Gasteiger partial charge < -0.3 is 19.5 Å². The second-order valence-corrected chi connectivity index (χ2v) is 4.93. The highest BCUT2D eigenvalue weighted by Gasteiger charge is 2.52. The Morgan fingerprint density at radius 3 is 1.73 bits per heavy atom. The predicted molar refractivity (Wildman–Crippen MR) is 73.4 cm³/mol. The van der Waals surface area contributed by atoms with Crippen molar-refractivity contribution >= 4 is 23.8 Å². The molecule has 0 spiro atoms. The van der Waals surface area contributed by atoms with E-state index in [9.17, 15) is 19.2 Å². The minimum atomic E-state index is -1.07. The summed E-state index contributed by atoms with van der Waals surface area (Å²) in [6.07, 6.45) is -3.11. The van der Waals surface area contributed by atoms with Crippen molar-refractivity contribution in [1.82, 2.24) is 5.32 Å². The zero-order chi connectivity index (χ0) is 17.0. The second-order valence-electron chi connectivity index (χ2n) is 4.93. The molecule has 0 unspecified atom stereocenters. The molecule has 1 fully saturated rings. The monoisotopic (exact) mass is 313 g/mol. The average molecular weight is 313 g/mol. The summed E-state index contributed by atoms with van der Waals surface area (Å²) in [5.41, 5.74) is 0.280. The van der Waals surface area contributed by atoms with Gasteiger partial charge in [-0.05, 0) is 5.57 Å². The van der Waals surface area contributed by atoms with Crippen LogP contribution in [0, 0.1) is 0 Å². The predicted octanol–water partition coefficient (Wildman–Crippen LogP) is -0.144. The van der Waals surface area contributed by atoms with E-state index in [1.165, 1.54) is 27.7 Å². The van der Waals surface area contributed by atoms with Crippen molar-refractivity contribution in [3.63, 3.8) is 0 Å². The largest absolute Gasteiger partial charge is 0.456 e. The lowest BCUT2D eigenvalue weighted by atomic mass is 10.1. The van der Waals surface area contributed by atoms with Crippen LogP contribution in [-0.2, 0) is 33.4 Å². The highest BCUT2D eigenvalue weighted by Crippen LogP contribution is 2.33. The van der Waals surface area contributed by atoms with Crippen LogP contribution in [0.15, 0.2) is 12.2 Å². The Balaban J connectivity index is 3.17. The van der Waals surface area contributed by atoms with Gasteiger partial charge in [0.05, 0.1) is 6.04 Å². The fourth-order valence-electron chi connectivity index (χ4n) is 2.32. The number of amides is 1. The van der Waals surface area contributed by atoms with Crippen LogP contribution in [0.25, 0.3) is 0 Å². The molecule has 8 heteroatoms. The van der Waals surface area contributed by atoms with Crippen molar-refractivity contribution in [3.05, 3.63) is 12.2 Å². The van der Waals surface area contributed by atoms with E-state index < -0.39 is 48.2 Å². The van der Waals surface area contributed by atoms with Gasteiger partial charge >= 0.3 is 17.9 Å². The summed E-state index contributed by atoms with van der Waals surface area (Å²) >= 11 is 0. The number of esters is 3. The maximum atomic E-state index is 11.3. The zero-order valence-corrected chi connectivity index (χ0v) is 12.9. The van der Waals surface area contributed by atoms with Gasteiger partial charge in [-0.25, -0.2) is 0 Å². The molecule has 0 saturated heterocycles. The third-order valence-electron chi connectivity index (χ3n) is 2.97. The summed E-state index contributed by atoms with van der Waals surface area (Å²) in [4.78, 5) is 45.1. The van der Waals surface area contributed by atoms with Gasteiger partial charge in [-0.1, -0.05) is 6.58 Å². The Kier molecular flexibility index (Phi) is 5.67. The van der Waals surface area contributed by atoms with Crippen LogP contribution in [0.2, 0.25) is 0 Å². The van der Waals surface area contributed by atoms with E-state index in [1.54, 1.807) is 0 Å². The maximum Gasteiger partial charge on any atom is 0.303 e. The number of hydrogen-bond donors (Lipinski definition) is 1. The van der Waals surface area contributed by atoms with E-state index in [4.69, 9.17) is 14.2 Å². The first-order valence-corrected chi connectivity index (χ1v) is 6.61. The molecule has 0 aromatic rings. The van der Waals surface area contributed by atoms with Crippen LogP contribution in [0.1, 0.15) is 27.7 Å². The third kappa shape index (κ3) is 4.31. The summed E-state index contributed by atoms with van der Waals surface area (Å²) in [6.45, 7) is 8.57. The minimum Gasteiger partial charge on any atom is -0.456 e. The summed E-state index contributed by atoms with van der Waals surface area (Å²) in [7, 11) is 0. The molecule has 0 radical (unpaired) electrons. The van der Waals surface area contributed by atoms with Crippen LogP contribution < -0.4 is 5.32 Å². The average Bonchev–Trinajstić information content (AvgIpc) is 2.54. The van der Waals surface area contributed by atoms with Crippen LogP contribution in [-0.4, -0.2) is 48.2 Å². The molecule has 1 aliphatic carbocycles. The Hall–Kier alpha value is -2.38.